The largest absolute Gasteiger partial charge is 0.465 e. The zero-order valence-electron chi connectivity index (χ0n) is 20.2. The van der Waals surface area contributed by atoms with E-state index >= 15 is 0 Å². The molecule has 2 aromatic rings. The van der Waals surface area contributed by atoms with Crippen LogP contribution in [0.25, 0.3) is 11.0 Å². The van der Waals surface area contributed by atoms with Crippen LogP contribution in [0.4, 0.5) is 18.0 Å². The Bertz CT molecular complexity index is 1040. The minimum Gasteiger partial charge on any atom is -0.465 e. The van der Waals surface area contributed by atoms with E-state index < -0.39 is 26.2 Å². The number of likely N-dealkylation sites (tertiary alicyclic amines) is 1. The highest BCUT2D eigenvalue weighted by Gasteiger charge is 2.43. The molecular weight excluding hydrogens is 531 g/mol. The topological polar surface area (TPSA) is 67.6 Å². The van der Waals surface area contributed by atoms with Gasteiger partial charge in [0.2, 0.25) is 0 Å². The predicted octanol–water partition coefficient (Wildman–Crippen LogP) is 7.13. The van der Waals surface area contributed by atoms with Crippen molar-refractivity contribution in [2.24, 2.45) is 0 Å². The standard InChI is InChI=1S/C23H33BrF3N3O3Si/c1-22(2,3)34(4,5)33-19-9-7-11-30(21(31)32)18(19)8-6-10-29-14-28-17-13-15(23(25,26)27)12-16(24)20(17)29/h12-14,18-19H,6-11H2,1-5H3,(H,31,32)/t18-,19+/m1/s1. The molecule has 0 saturated carbocycles. The van der Waals surface area contributed by atoms with Gasteiger partial charge >= 0.3 is 12.3 Å². The fourth-order valence-corrected chi connectivity index (χ4v) is 6.32. The van der Waals surface area contributed by atoms with Crippen molar-refractivity contribution in [1.82, 2.24) is 14.5 Å². The van der Waals surface area contributed by atoms with Gasteiger partial charge in [-0.1, -0.05) is 20.8 Å². The molecule has 190 valence electrons. The molecule has 0 unspecified atom stereocenters. The maximum atomic E-state index is 13.1. The number of hydrogen-bond donors (Lipinski definition) is 1. The molecule has 0 bridgehead atoms. The van der Waals surface area contributed by atoms with Crippen LogP contribution in [-0.4, -0.2) is 52.7 Å². The third-order valence-corrected chi connectivity index (χ3v) is 12.2. The fraction of sp³-hybridized carbons (Fsp3) is 0.652. The summed E-state index contributed by atoms with van der Waals surface area (Å²) in [7, 11) is -2.09. The van der Waals surface area contributed by atoms with Gasteiger partial charge in [-0.2, -0.15) is 13.2 Å². The molecule has 34 heavy (non-hydrogen) atoms. The SMILES string of the molecule is CC(C)(C)[Si](C)(C)O[C@H]1CCCN(C(=O)O)[C@@H]1CCCn1cnc2cc(C(F)(F)F)cc(Br)c21. The van der Waals surface area contributed by atoms with E-state index in [9.17, 15) is 23.1 Å². The van der Waals surface area contributed by atoms with Crippen molar-refractivity contribution in [3.8, 4) is 0 Å². The molecule has 0 aliphatic carbocycles. The van der Waals surface area contributed by atoms with Gasteiger partial charge in [0, 0.05) is 17.6 Å². The van der Waals surface area contributed by atoms with Crippen molar-refractivity contribution < 1.29 is 27.5 Å². The monoisotopic (exact) mass is 563 g/mol. The highest BCUT2D eigenvalue weighted by molar-refractivity contribution is 9.10. The second-order valence-electron chi connectivity index (χ2n) is 10.5. The molecular formula is C23H33BrF3N3O3Si. The van der Waals surface area contributed by atoms with Gasteiger partial charge in [-0.05, 0) is 71.9 Å². The lowest BCUT2D eigenvalue weighted by atomic mass is 9.95. The quantitative estimate of drug-likeness (QED) is 0.379. The van der Waals surface area contributed by atoms with E-state index in [2.05, 4.69) is 54.8 Å². The first-order chi connectivity index (χ1) is 15.6. The van der Waals surface area contributed by atoms with Crippen molar-refractivity contribution >= 4 is 41.4 Å². The average Bonchev–Trinajstić information content (AvgIpc) is 3.10. The number of carboxylic acid groups (broad SMARTS) is 1. The summed E-state index contributed by atoms with van der Waals surface area (Å²) in [5.74, 6) is 0. The number of halogens is 4. The molecule has 1 aliphatic heterocycles. The maximum Gasteiger partial charge on any atom is 0.416 e. The van der Waals surface area contributed by atoms with Crippen LogP contribution in [0.15, 0.2) is 22.9 Å². The Kier molecular flexibility index (Phi) is 7.79. The molecule has 2 atom stereocenters. The van der Waals surface area contributed by atoms with Gasteiger partial charge in [0.15, 0.2) is 8.32 Å². The van der Waals surface area contributed by atoms with E-state index in [0.717, 1.165) is 25.0 Å². The third kappa shape index (κ3) is 5.79. The van der Waals surface area contributed by atoms with E-state index in [4.69, 9.17) is 4.43 Å². The first-order valence-electron chi connectivity index (χ1n) is 11.5. The summed E-state index contributed by atoms with van der Waals surface area (Å²) in [4.78, 5) is 17.6. The van der Waals surface area contributed by atoms with Crippen LogP contribution in [0.5, 0.6) is 0 Å². The van der Waals surface area contributed by atoms with E-state index in [0.29, 0.717) is 35.9 Å². The summed E-state index contributed by atoms with van der Waals surface area (Å²) in [6.45, 7) is 11.8. The Labute approximate surface area is 207 Å². The number of amides is 1. The van der Waals surface area contributed by atoms with Crippen molar-refractivity contribution in [1.29, 1.82) is 0 Å². The number of nitrogens with zero attached hydrogens (tertiary/aromatic N) is 3. The van der Waals surface area contributed by atoms with Crippen LogP contribution in [0.3, 0.4) is 0 Å². The number of alkyl halides is 3. The molecule has 3 rings (SSSR count). The van der Waals surface area contributed by atoms with Crippen LogP contribution < -0.4 is 0 Å². The van der Waals surface area contributed by atoms with Crippen molar-refractivity contribution in [3.63, 3.8) is 0 Å². The van der Waals surface area contributed by atoms with Crippen LogP contribution >= 0.6 is 15.9 Å². The summed E-state index contributed by atoms with van der Waals surface area (Å²) in [6, 6.07) is 1.86. The molecule has 6 nitrogen and oxygen atoms in total. The van der Waals surface area contributed by atoms with Gasteiger partial charge < -0.3 is 19.0 Å². The number of fused-ring (bicyclic) bond motifs is 1. The minimum absolute atomic E-state index is 0.0142. The Morgan fingerprint density at radius 3 is 2.56 bits per heavy atom. The number of aromatic nitrogens is 2. The molecule has 1 amide bonds. The zero-order valence-corrected chi connectivity index (χ0v) is 22.8. The predicted molar refractivity (Wildman–Crippen MR) is 131 cm³/mol. The first-order valence-corrected chi connectivity index (χ1v) is 15.2. The molecule has 2 heterocycles. The number of hydrogen-bond acceptors (Lipinski definition) is 3. The Hall–Kier alpha value is -1.59. The lowest BCUT2D eigenvalue weighted by Gasteiger charge is -2.46. The van der Waals surface area contributed by atoms with E-state index in [1.165, 1.54) is 11.2 Å². The molecule has 1 aromatic heterocycles. The minimum atomic E-state index is -4.44. The van der Waals surface area contributed by atoms with Gasteiger partial charge in [0.05, 0.1) is 35.1 Å². The summed E-state index contributed by atoms with van der Waals surface area (Å²) >= 11 is 3.27. The van der Waals surface area contributed by atoms with Gasteiger partial charge in [-0.15, -0.1) is 0 Å². The number of rotatable bonds is 6. The lowest BCUT2D eigenvalue weighted by molar-refractivity contribution is -0.137. The molecule has 11 heteroatoms. The second-order valence-corrected chi connectivity index (χ2v) is 16.1. The van der Waals surface area contributed by atoms with E-state index in [1.807, 2.05) is 4.57 Å². The van der Waals surface area contributed by atoms with Crippen LogP contribution in [0.1, 0.15) is 52.0 Å². The smallest absolute Gasteiger partial charge is 0.416 e. The summed E-state index contributed by atoms with van der Waals surface area (Å²) in [6.07, 6.45) is -1.18. The zero-order chi connectivity index (χ0) is 25.5. The average molecular weight is 565 g/mol. The van der Waals surface area contributed by atoms with E-state index in [1.54, 1.807) is 0 Å². The Morgan fingerprint density at radius 2 is 1.97 bits per heavy atom. The molecule has 0 radical (unpaired) electrons. The summed E-state index contributed by atoms with van der Waals surface area (Å²) < 4.78 is 48.2. The third-order valence-electron chi connectivity index (χ3n) is 7.11. The van der Waals surface area contributed by atoms with Gasteiger partial charge in [-0.25, -0.2) is 9.78 Å². The van der Waals surface area contributed by atoms with Crippen LogP contribution in [-0.2, 0) is 17.1 Å². The number of carbonyl (C=O) groups is 1. The van der Waals surface area contributed by atoms with Gasteiger partial charge in [0.1, 0.15) is 0 Å². The Morgan fingerprint density at radius 1 is 1.29 bits per heavy atom. The molecule has 1 aromatic carbocycles. The summed E-state index contributed by atoms with van der Waals surface area (Å²) in [5, 5.41) is 9.82. The highest BCUT2D eigenvalue weighted by Crippen LogP contribution is 2.40. The van der Waals surface area contributed by atoms with Crippen LogP contribution in [0.2, 0.25) is 18.1 Å². The highest BCUT2D eigenvalue weighted by atomic mass is 79.9. The molecule has 1 fully saturated rings. The van der Waals surface area contributed by atoms with Crippen LogP contribution in [0, 0.1) is 0 Å². The number of aryl methyl sites for hydroxylation is 1. The van der Waals surface area contributed by atoms with Crippen molar-refractivity contribution in [2.45, 2.75) is 89.5 Å². The van der Waals surface area contributed by atoms with Crippen molar-refractivity contribution in [3.05, 3.63) is 28.5 Å². The maximum absolute atomic E-state index is 13.1. The molecule has 0 spiro atoms. The summed E-state index contributed by atoms with van der Waals surface area (Å²) in [5.41, 5.74) is 0.119. The number of piperidine rings is 1. The Balaban J connectivity index is 1.77. The number of benzene rings is 1. The van der Waals surface area contributed by atoms with Gasteiger partial charge in [-0.3, -0.25) is 0 Å². The normalized spacial score (nSPS) is 20.2. The first kappa shape index (κ1) is 27.0. The lowest BCUT2D eigenvalue weighted by Crippen LogP contribution is -2.55. The molecule has 1 N–H and O–H groups in total. The van der Waals surface area contributed by atoms with Gasteiger partial charge in [0.25, 0.3) is 0 Å². The number of imidazole rings is 1. The van der Waals surface area contributed by atoms with Crippen molar-refractivity contribution in [2.75, 3.05) is 6.54 Å². The molecule has 1 aliphatic rings. The second kappa shape index (κ2) is 9.81. The fourth-order valence-electron chi connectivity index (χ4n) is 4.25. The molecule has 1 saturated heterocycles. The van der Waals surface area contributed by atoms with E-state index in [-0.39, 0.29) is 22.7 Å².